The summed E-state index contributed by atoms with van der Waals surface area (Å²) >= 11 is 0. The Morgan fingerprint density at radius 2 is 2.12 bits per heavy atom. The smallest absolute Gasteiger partial charge is 0.231 e. The van der Waals surface area contributed by atoms with Gasteiger partial charge < -0.3 is 10.2 Å². The maximum atomic E-state index is 12.8. The zero-order valence-corrected chi connectivity index (χ0v) is 9.95. The van der Waals surface area contributed by atoms with Gasteiger partial charge >= 0.3 is 0 Å². The van der Waals surface area contributed by atoms with Crippen LogP contribution in [0, 0.1) is 11.7 Å². The maximum Gasteiger partial charge on any atom is 0.231 e. The van der Waals surface area contributed by atoms with Crippen molar-refractivity contribution in [3.05, 3.63) is 30.1 Å². The highest BCUT2D eigenvalue weighted by atomic mass is 19.1. The molecule has 1 saturated heterocycles. The first-order chi connectivity index (χ1) is 8.18. The highest BCUT2D eigenvalue weighted by molar-refractivity contribution is 5.94. The minimum absolute atomic E-state index is 0.0406. The van der Waals surface area contributed by atoms with Crippen LogP contribution in [-0.4, -0.2) is 26.0 Å². The monoisotopic (exact) mass is 236 g/mol. The normalized spacial score (nSPS) is 20.0. The summed E-state index contributed by atoms with van der Waals surface area (Å²) in [5.74, 6) is -0.142. The minimum atomic E-state index is -0.283. The number of hydrogen-bond acceptors (Lipinski definition) is 2. The average molecular weight is 236 g/mol. The Kier molecular flexibility index (Phi) is 3.74. The highest BCUT2D eigenvalue weighted by Crippen LogP contribution is 2.19. The van der Waals surface area contributed by atoms with Crippen molar-refractivity contribution in [3.63, 3.8) is 0 Å². The Hall–Kier alpha value is -1.42. The molecule has 1 aliphatic heterocycles. The van der Waals surface area contributed by atoms with Crippen molar-refractivity contribution in [2.24, 2.45) is 5.92 Å². The lowest BCUT2D eigenvalue weighted by Crippen LogP contribution is -2.41. The van der Waals surface area contributed by atoms with Gasteiger partial charge in [-0.2, -0.15) is 0 Å². The lowest BCUT2D eigenvalue weighted by atomic mass is 9.98. The summed E-state index contributed by atoms with van der Waals surface area (Å²) in [5, 5.41) is 3.22. The number of amides is 1. The summed E-state index contributed by atoms with van der Waals surface area (Å²) in [7, 11) is 1.74. The highest BCUT2D eigenvalue weighted by Gasteiger charge is 2.24. The van der Waals surface area contributed by atoms with Gasteiger partial charge in [0.25, 0.3) is 0 Å². The molecule has 0 aliphatic carbocycles. The van der Waals surface area contributed by atoms with Crippen LogP contribution in [0.3, 0.4) is 0 Å². The predicted molar refractivity (Wildman–Crippen MR) is 65.4 cm³/mol. The van der Waals surface area contributed by atoms with Gasteiger partial charge in [0.2, 0.25) is 5.91 Å². The topological polar surface area (TPSA) is 32.3 Å². The largest absolute Gasteiger partial charge is 0.316 e. The van der Waals surface area contributed by atoms with Crippen molar-refractivity contribution < 1.29 is 9.18 Å². The van der Waals surface area contributed by atoms with Crippen LogP contribution in [-0.2, 0) is 4.79 Å². The number of piperidine rings is 1. The molecule has 1 unspecified atom stereocenters. The van der Waals surface area contributed by atoms with E-state index in [0.717, 1.165) is 31.6 Å². The van der Waals surface area contributed by atoms with Crippen LogP contribution >= 0.6 is 0 Å². The van der Waals surface area contributed by atoms with Crippen LogP contribution < -0.4 is 10.2 Å². The fourth-order valence-electron chi connectivity index (χ4n) is 2.13. The van der Waals surface area contributed by atoms with Crippen LogP contribution in [0.25, 0.3) is 0 Å². The molecule has 92 valence electrons. The van der Waals surface area contributed by atoms with E-state index in [2.05, 4.69) is 5.32 Å². The van der Waals surface area contributed by atoms with Crippen molar-refractivity contribution >= 4 is 11.6 Å². The summed E-state index contributed by atoms with van der Waals surface area (Å²) in [6.45, 7) is 1.73. The molecule has 1 aliphatic rings. The number of anilines is 1. The van der Waals surface area contributed by atoms with E-state index in [1.54, 1.807) is 24.1 Å². The summed E-state index contributed by atoms with van der Waals surface area (Å²) < 4.78 is 12.8. The molecule has 1 aromatic rings. The van der Waals surface area contributed by atoms with E-state index in [9.17, 15) is 9.18 Å². The first-order valence-electron chi connectivity index (χ1n) is 5.92. The second-order valence-electron chi connectivity index (χ2n) is 4.42. The van der Waals surface area contributed by atoms with Crippen molar-refractivity contribution in [2.75, 3.05) is 25.0 Å². The molecule has 0 aromatic heterocycles. The Labute approximate surface area is 101 Å². The van der Waals surface area contributed by atoms with Crippen molar-refractivity contribution in [1.29, 1.82) is 0 Å². The fraction of sp³-hybridized carbons (Fsp3) is 0.462. The van der Waals surface area contributed by atoms with E-state index in [1.165, 1.54) is 12.1 Å². The molecule has 1 fully saturated rings. The first-order valence-corrected chi connectivity index (χ1v) is 5.92. The predicted octanol–water partition coefficient (Wildman–Crippen LogP) is 1.79. The van der Waals surface area contributed by atoms with E-state index >= 15 is 0 Å². The lowest BCUT2D eigenvalue weighted by Gasteiger charge is -2.27. The van der Waals surface area contributed by atoms with Gasteiger partial charge in [-0.1, -0.05) is 0 Å². The number of hydrogen-bond donors (Lipinski definition) is 1. The van der Waals surface area contributed by atoms with Gasteiger partial charge in [0, 0.05) is 19.3 Å². The second-order valence-corrected chi connectivity index (χ2v) is 4.42. The molecule has 1 aromatic carbocycles. The van der Waals surface area contributed by atoms with E-state index in [-0.39, 0.29) is 17.6 Å². The second kappa shape index (κ2) is 5.27. The van der Waals surface area contributed by atoms with Gasteiger partial charge in [0.15, 0.2) is 0 Å². The Morgan fingerprint density at radius 3 is 2.71 bits per heavy atom. The number of benzene rings is 1. The number of carbonyl (C=O) groups is 1. The molecule has 17 heavy (non-hydrogen) atoms. The molecule has 1 N–H and O–H groups in total. The molecule has 0 saturated carbocycles. The van der Waals surface area contributed by atoms with Crippen LogP contribution in [0.1, 0.15) is 12.8 Å². The zero-order valence-electron chi connectivity index (χ0n) is 9.95. The zero-order chi connectivity index (χ0) is 12.3. The van der Waals surface area contributed by atoms with Gasteiger partial charge in [0.05, 0.1) is 5.92 Å². The number of nitrogens with zero attached hydrogens (tertiary/aromatic N) is 1. The molecular formula is C13H17FN2O. The molecule has 1 heterocycles. The molecular weight excluding hydrogens is 219 g/mol. The van der Waals surface area contributed by atoms with Gasteiger partial charge in [-0.3, -0.25) is 4.79 Å². The number of rotatable bonds is 2. The lowest BCUT2D eigenvalue weighted by molar-refractivity contribution is -0.122. The number of carbonyl (C=O) groups excluding carboxylic acids is 1. The third kappa shape index (κ3) is 2.82. The molecule has 4 heteroatoms. The number of halogens is 1. The summed E-state index contributed by atoms with van der Waals surface area (Å²) in [6, 6.07) is 6.00. The van der Waals surface area contributed by atoms with Gasteiger partial charge in [-0.15, -0.1) is 0 Å². The SMILES string of the molecule is CN(C(=O)C1CCCNC1)c1ccc(F)cc1. The molecule has 0 bridgehead atoms. The average Bonchev–Trinajstić information content (AvgIpc) is 2.39. The van der Waals surface area contributed by atoms with Crippen LogP contribution in [0.5, 0.6) is 0 Å². The summed E-state index contributed by atoms with van der Waals surface area (Å²) in [4.78, 5) is 13.8. The Morgan fingerprint density at radius 1 is 1.41 bits per heavy atom. The Balaban J connectivity index is 2.05. The van der Waals surface area contributed by atoms with Crippen LogP contribution in [0.2, 0.25) is 0 Å². The van der Waals surface area contributed by atoms with Gasteiger partial charge in [-0.25, -0.2) is 4.39 Å². The van der Waals surface area contributed by atoms with Gasteiger partial charge in [-0.05, 0) is 43.7 Å². The number of nitrogens with one attached hydrogen (secondary N) is 1. The van der Waals surface area contributed by atoms with Crippen LogP contribution in [0.15, 0.2) is 24.3 Å². The Bertz CT molecular complexity index is 385. The summed E-state index contributed by atoms with van der Waals surface area (Å²) in [6.07, 6.45) is 1.96. The van der Waals surface area contributed by atoms with Gasteiger partial charge in [0.1, 0.15) is 5.82 Å². The quantitative estimate of drug-likeness (QED) is 0.849. The first kappa shape index (κ1) is 12.0. The van der Waals surface area contributed by atoms with E-state index in [4.69, 9.17) is 0 Å². The van der Waals surface area contributed by atoms with E-state index in [1.807, 2.05) is 0 Å². The molecule has 2 rings (SSSR count). The van der Waals surface area contributed by atoms with E-state index < -0.39 is 0 Å². The van der Waals surface area contributed by atoms with Crippen molar-refractivity contribution in [1.82, 2.24) is 5.32 Å². The van der Waals surface area contributed by atoms with Crippen LogP contribution in [0.4, 0.5) is 10.1 Å². The third-order valence-electron chi connectivity index (χ3n) is 3.19. The van der Waals surface area contributed by atoms with E-state index in [0.29, 0.717) is 0 Å². The molecule has 3 nitrogen and oxygen atoms in total. The molecule has 1 atom stereocenters. The maximum absolute atomic E-state index is 12.8. The third-order valence-corrected chi connectivity index (χ3v) is 3.19. The molecule has 0 radical (unpaired) electrons. The molecule has 1 amide bonds. The summed E-state index contributed by atoms with van der Waals surface area (Å²) in [5.41, 5.74) is 0.738. The van der Waals surface area contributed by atoms with Crippen molar-refractivity contribution in [3.8, 4) is 0 Å². The fourth-order valence-corrected chi connectivity index (χ4v) is 2.13. The van der Waals surface area contributed by atoms with Crippen molar-refractivity contribution in [2.45, 2.75) is 12.8 Å². The molecule has 0 spiro atoms. The standard InChI is InChI=1S/C13H17FN2O/c1-16(12-6-4-11(14)5-7-12)13(17)10-3-2-8-15-9-10/h4-7,10,15H,2-3,8-9H2,1H3. The minimum Gasteiger partial charge on any atom is -0.316 e.